The van der Waals surface area contributed by atoms with E-state index in [-0.39, 0.29) is 0 Å². The Kier molecular flexibility index (Phi) is 2.50. The molecule has 0 aliphatic rings. The van der Waals surface area contributed by atoms with E-state index < -0.39 is 32.4 Å². The first-order valence-corrected chi connectivity index (χ1v) is 3.27. The largest absolute Gasteiger partial charge is 0.503 e. The molecule has 1 aromatic rings. The van der Waals surface area contributed by atoms with Gasteiger partial charge in [-0.2, -0.15) is 0 Å². The molecule has 80 valence electrons. The van der Waals surface area contributed by atoms with Gasteiger partial charge in [-0.25, -0.2) is 0 Å². The molecular weight excluding hydrogens is 216 g/mol. The third kappa shape index (κ3) is 1.82. The van der Waals surface area contributed by atoms with Gasteiger partial charge in [-0.3, -0.25) is 20.2 Å². The molecule has 0 saturated heterocycles. The van der Waals surface area contributed by atoms with Gasteiger partial charge in [-0.1, -0.05) is 0 Å². The predicted molar refractivity (Wildman–Crippen MR) is 39.8 cm³/mol. The zero-order chi connectivity index (χ0) is 11.6. The van der Waals surface area contributed by atoms with Crippen molar-refractivity contribution >= 4 is 5.82 Å². The first-order valence-electron chi connectivity index (χ1n) is 3.27. The Bertz CT molecular complexity index is 410. The summed E-state index contributed by atoms with van der Waals surface area (Å²) in [5.41, 5.74) is -0.935. The van der Waals surface area contributed by atoms with Crippen LogP contribution in [-0.2, 0) is 0 Å². The molecule has 12 nitrogen and oxygen atoms in total. The summed E-state index contributed by atoms with van der Waals surface area (Å²) in [6, 6.07) is 0. The second-order valence-corrected chi connectivity index (χ2v) is 2.23. The molecule has 0 spiro atoms. The molecule has 1 heterocycles. The third-order valence-electron chi connectivity index (χ3n) is 1.37. The number of hydrogen-bond acceptors (Lipinski definition) is 8. The molecule has 0 fully saturated rings. The van der Waals surface area contributed by atoms with Crippen LogP contribution in [-0.4, -0.2) is 30.2 Å². The van der Waals surface area contributed by atoms with Crippen molar-refractivity contribution in [3.63, 3.8) is 0 Å². The number of H-pyrrole nitrogens is 1. The minimum atomic E-state index is -2.50. The first-order chi connectivity index (χ1) is 6.95. The summed E-state index contributed by atoms with van der Waals surface area (Å²) in [7, 11) is 0. The minimum Gasteiger partial charge on any atom is -0.358 e. The fourth-order valence-corrected chi connectivity index (χ4v) is 0.818. The lowest BCUT2D eigenvalue weighted by molar-refractivity contribution is -0.753. The van der Waals surface area contributed by atoms with Crippen LogP contribution in [0.2, 0.25) is 0 Å². The average Bonchev–Trinajstić information content (AvgIpc) is 2.51. The van der Waals surface area contributed by atoms with E-state index in [2.05, 4.69) is 10.2 Å². The zero-order valence-corrected chi connectivity index (χ0v) is 6.76. The molecule has 0 amide bonds. The Labute approximate surface area is 79.3 Å². The van der Waals surface area contributed by atoms with Crippen LogP contribution in [0, 0.1) is 30.3 Å². The van der Waals surface area contributed by atoms with Crippen LogP contribution in [0.3, 0.4) is 0 Å². The van der Waals surface area contributed by atoms with E-state index in [4.69, 9.17) is 0 Å². The van der Waals surface area contributed by atoms with E-state index in [1.807, 2.05) is 0 Å². The highest BCUT2D eigenvalue weighted by atomic mass is 16.7. The van der Waals surface area contributed by atoms with Gasteiger partial charge in [0.2, 0.25) is 0 Å². The SMILES string of the molecule is O=[N+]([O-])c1n[nH]nc1C([N+](=O)[O-])[N+](=O)[O-]. The molecule has 1 N–H and O–H groups in total. The first kappa shape index (κ1) is 10.4. The molecule has 0 aliphatic carbocycles. The van der Waals surface area contributed by atoms with Crippen LogP contribution < -0.4 is 0 Å². The molecule has 1 rings (SSSR count). The number of aromatic nitrogens is 3. The second-order valence-electron chi connectivity index (χ2n) is 2.23. The molecule has 0 aromatic carbocycles. The number of nitrogens with zero attached hydrogens (tertiary/aromatic N) is 5. The van der Waals surface area contributed by atoms with Crippen molar-refractivity contribution < 1.29 is 14.8 Å². The van der Waals surface area contributed by atoms with E-state index >= 15 is 0 Å². The normalized spacial score (nSPS) is 10.2. The Balaban J connectivity index is 3.23. The maximum atomic E-state index is 10.3. The lowest BCUT2D eigenvalue weighted by Gasteiger charge is -1.96. The lowest BCUT2D eigenvalue weighted by atomic mass is 10.3. The van der Waals surface area contributed by atoms with Crippen LogP contribution in [0.4, 0.5) is 5.82 Å². The molecule has 0 aliphatic heterocycles. The number of nitrogens with one attached hydrogen (secondary N) is 1. The number of nitro groups is 3. The Morgan fingerprint density at radius 2 is 1.60 bits per heavy atom. The fourth-order valence-electron chi connectivity index (χ4n) is 0.818. The van der Waals surface area contributed by atoms with Gasteiger partial charge >= 0.3 is 17.7 Å². The molecule has 1 aromatic heterocycles. The van der Waals surface area contributed by atoms with Gasteiger partial charge in [-0.15, -0.1) is 10.3 Å². The third-order valence-corrected chi connectivity index (χ3v) is 1.37. The Morgan fingerprint density at radius 3 is 2.00 bits per heavy atom. The number of aromatic amines is 1. The molecule has 15 heavy (non-hydrogen) atoms. The van der Waals surface area contributed by atoms with E-state index in [1.54, 1.807) is 5.21 Å². The maximum Gasteiger partial charge on any atom is 0.503 e. The van der Waals surface area contributed by atoms with Crippen LogP contribution >= 0.6 is 0 Å². The van der Waals surface area contributed by atoms with Gasteiger partial charge in [0.05, 0.1) is 5.10 Å². The van der Waals surface area contributed by atoms with Gasteiger partial charge in [0.1, 0.15) is 9.85 Å². The van der Waals surface area contributed by atoms with Crippen LogP contribution in [0.15, 0.2) is 0 Å². The monoisotopic (exact) mass is 218 g/mol. The molecule has 0 saturated carbocycles. The van der Waals surface area contributed by atoms with Crippen molar-refractivity contribution in [2.75, 3.05) is 0 Å². The van der Waals surface area contributed by atoms with E-state index in [9.17, 15) is 30.3 Å². The minimum absolute atomic E-state index is 0.935. The van der Waals surface area contributed by atoms with E-state index in [0.29, 0.717) is 0 Å². The molecular formula is C3H2N6O6. The standard InChI is InChI=1S/C3H2N6O6/c10-7(11)2-1(4-6-5-2)3(8(12)13)9(14)15/h3H,(H,4,5,6). The van der Waals surface area contributed by atoms with Crippen molar-refractivity contribution in [3.05, 3.63) is 36.0 Å². The van der Waals surface area contributed by atoms with Crippen molar-refractivity contribution in [2.45, 2.75) is 6.17 Å². The Morgan fingerprint density at radius 1 is 1.07 bits per heavy atom. The Hall–Kier alpha value is -2.66. The quantitative estimate of drug-likeness (QED) is 0.391. The van der Waals surface area contributed by atoms with Crippen LogP contribution in [0.5, 0.6) is 0 Å². The zero-order valence-electron chi connectivity index (χ0n) is 6.76. The van der Waals surface area contributed by atoms with Crippen molar-refractivity contribution in [2.24, 2.45) is 0 Å². The smallest absolute Gasteiger partial charge is 0.358 e. The summed E-state index contributed by atoms with van der Waals surface area (Å²) in [5.74, 6) is -1.03. The number of rotatable bonds is 4. The summed E-state index contributed by atoms with van der Waals surface area (Å²) in [6.07, 6.45) is -2.50. The van der Waals surface area contributed by atoms with Gasteiger partial charge in [0.25, 0.3) is 0 Å². The molecule has 0 unspecified atom stereocenters. The highest BCUT2D eigenvalue weighted by molar-refractivity contribution is 5.23. The van der Waals surface area contributed by atoms with Crippen LogP contribution in [0.1, 0.15) is 11.9 Å². The van der Waals surface area contributed by atoms with Crippen LogP contribution in [0.25, 0.3) is 0 Å². The van der Waals surface area contributed by atoms with Gasteiger partial charge in [0.15, 0.2) is 0 Å². The molecule has 12 heteroatoms. The molecule has 0 atom stereocenters. The highest BCUT2D eigenvalue weighted by Crippen LogP contribution is 2.22. The fraction of sp³-hybridized carbons (Fsp3) is 0.333. The predicted octanol–water partition coefficient (Wildman–Crippen LogP) is -0.735. The summed E-state index contributed by atoms with van der Waals surface area (Å²) in [6.45, 7) is 0. The van der Waals surface area contributed by atoms with E-state index in [1.165, 1.54) is 0 Å². The topological polar surface area (TPSA) is 171 Å². The maximum absolute atomic E-state index is 10.3. The average molecular weight is 218 g/mol. The lowest BCUT2D eigenvalue weighted by Crippen LogP contribution is -2.21. The van der Waals surface area contributed by atoms with Gasteiger partial charge < -0.3 is 10.1 Å². The van der Waals surface area contributed by atoms with Gasteiger partial charge in [-0.05, 0) is 4.92 Å². The summed E-state index contributed by atoms with van der Waals surface area (Å²) in [5, 5.41) is 38.5. The molecule has 0 bridgehead atoms. The summed E-state index contributed by atoms with van der Waals surface area (Å²) >= 11 is 0. The molecule has 0 radical (unpaired) electrons. The summed E-state index contributed by atoms with van der Waals surface area (Å²) in [4.78, 5) is 27.1. The van der Waals surface area contributed by atoms with E-state index in [0.717, 1.165) is 0 Å². The second kappa shape index (κ2) is 3.60. The number of hydrogen-bond donors (Lipinski definition) is 1. The van der Waals surface area contributed by atoms with Crippen molar-refractivity contribution in [3.8, 4) is 0 Å². The van der Waals surface area contributed by atoms with Crippen molar-refractivity contribution in [1.82, 2.24) is 15.4 Å². The summed E-state index contributed by atoms with van der Waals surface area (Å²) < 4.78 is 0. The highest BCUT2D eigenvalue weighted by Gasteiger charge is 2.45. The van der Waals surface area contributed by atoms with Crippen molar-refractivity contribution in [1.29, 1.82) is 0 Å². The van der Waals surface area contributed by atoms with Gasteiger partial charge in [0, 0.05) is 0 Å².